The molecule has 2 amide bonds. The van der Waals surface area contributed by atoms with Gasteiger partial charge in [-0.1, -0.05) is 18.2 Å². The normalized spacial score (nSPS) is 16.6. The number of fused-ring (bicyclic) bond motifs is 1. The first-order valence-electron chi connectivity index (χ1n) is 6.43. The quantitative estimate of drug-likeness (QED) is 0.775. The van der Waals surface area contributed by atoms with Gasteiger partial charge in [0.25, 0.3) is 5.91 Å². The summed E-state index contributed by atoms with van der Waals surface area (Å²) in [6.07, 6.45) is 3.77. The monoisotopic (exact) mass is 270 g/mol. The van der Waals surface area contributed by atoms with Crippen LogP contribution in [0, 0.1) is 0 Å². The minimum absolute atomic E-state index is 0.250. The zero-order valence-electron chi connectivity index (χ0n) is 12.2. The summed E-state index contributed by atoms with van der Waals surface area (Å²) < 4.78 is 0. The Morgan fingerprint density at radius 3 is 2.45 bits per heavy atom. The van der Waals surface area contributed by atoms with Crippen molar-refractivity contribution >= 4 is 23.1 Å². The van der Waals surface area contributed by atoms with Crippen LogP contribution in [0.2, 0.25) is 0 Å². The van der Waals surface area contributed by atoms with Crippen LogP contribution in [0.25, 0.3) is 5.57 Å². The number of carbonyl (C=O) groups excluding carboxylic acids is 2. The molecule has 104 valence electrons. The van der Waals surface area contributed by atoms with Gasteiger partial charge in [-0.25, -0.2) is 4.90 Å². The van der Waals surface area contributed by atoms with Gasteiger partial charge in [0, 0.05) is 26.6 Å². The zero-order valence-corrected chi connectivity index (χ0v) is 12.2. The number of allylic oxidation sites excluding steroid dienone is 2. The van der Waals surface area contributed by atoms with Crippen LogP contribution in [-0.4, -0.2) is 30.8 Å². The van der Waals surface area contributed by atoms with Crippen molar-refractivity contribution in [1.82, 2.24) is 4.90 Å². The third-order valence-electron chi connectivity index (χ3n) is 3.16. The van der Waals surface area contributed by atoms with E-state index >= 15 is 0 Å². The average Bonchev–Trinajstić information content (AvgIpc) is 2.68. The molecule has 0 aromatic heterocycles. The predicted octanol–water partition coefficient (Wildman–Crippen LogP) is 2.43. The van der Waals surface area contributed by atoms with E-state index in [1.54, 1.807) is 6.07 Å². The van der Waals surface area contributed by atoms with E-state index in [4.69, 9.17) is 0 Å². The van der Waals surface area contributed by atoms with Gasteiger partial charge in [0.15, 0.2) is 0 Å². The highest BCUT2D eigenvalue weighted by molar-refractivity contribution is 6.40. The summed E-state index contributed by atoms with van der Waals surface area (Å²) in [6, 6.07) is 7.37. The molecule has 0 saturated carbocycles. The van der Waals surface area contributed by atoms with Crippen molar-refractivity contribution in [2.24, 2.45) is 0 Å². The maximum atomic E-state index is 12.5. The summed E-state index contributed by atoms with van der Waals surface area (Å²) >= 11 is 0. The Morgan fingerprint density at radius 1 is 1.20 bits per heavy atom. The second-order valence-corrected chi connectivity index (χ2v) is 5.01. The number of carbonyl (C=O) groups is 2. The predicted molar refractivity (Wildman–Crippen MR) is 80.0 cm³/mol. The molecule has 0 fully saturated rings. The third-order valence-corrected chi connectivity index (χ3v) is 3.16. The molecule has 0 unspecified atom stereocenters. The Bertz CT molecular complexity index is 627. The van der Waals surface area contributed by atoms with Gasteiger partial charge in [0.2, 0.25) is 5.91 Å². The second kappa shape index (κ2) is 5.33. The second-order valence-electron chi connectivity index (χ2n) is 5.01. The largest absolute Gasteiger partial charge is 0.383 e. The number of nitrogens with zero attached hydrogens (tertiary/aromatic N) is 2. The Morgan fingerprint density at radius 2 is 1.85 bits per heavy atom. The number of hydrogen-bond donors (Lipinski definition) is 0. The van der Waals surface area contributed by atoms with Gasteiger partial charge in [-0.05, 0) is 30.8 Å². The fourth-order valence-corrected chi connectivity index (χ4v) is 2.25. The molecule has 1 aliphatic heterocycles. The van der Waals surface area contributed by atoms with E-state index in [9.17, 15) is 9.59 Å². The summed E-state index contributed by atoms with van der Waals surface area (Å²) in [5, 5.41) is 0. The molecule has 1 heterocycles. The number of benzene rings is 1. The minimum atomic E-state index is -0.262. The summed E-state index contributed by atoms with van der Waals surface area (Å²) in [5.74, 6) is -0.513. The molecule has 1 aromatic carbocycles. The minimum Gasteiger partial charge on any atom is -0.383 e. The zero-order chi connectivity index (χ0) is 14.9. The van der Waals surface area contributed by atoms with Crippen molar-refractivity contribution < 1.29 is 9.59 Å². The molecule has 0 N–H and O–H groups in total. The molecule has 0 aliphatic carbocycles. The van der Waals surface area contributed by atoms with Crippen LogP contribution in [0.3, 0.4) is 0 Å². The van der Waals surface area contributed by atoms with Crippen LogP contribution >= 0.6 is 0 Å². The van der Waals surface area contributed by atoms with Gasteiger partial charge >= 0.3 is 0 Å². The number of imide groups is 1. The lowest BCUT2D eigenvalue weighted by Gasteiger charge is -2.11. The summed E-state index contributed by atoms with van der Waals surface area (Å²) in [4.78, 5) is 27.3. The van der Waals surface area contributed by atoms with Crippen LogP contribution < -0.4 is 4.90 Å². The Hall–Kier alpha value is -2.36. The maximum absolute atomic E-state index is 12.5. The van der Waals surface area contributed by atoms with Gasteiger partial charge < -0.3 is 4.90 Å². The van der Waals surface area contributed by atoms with Crippen molar-refractivity contribution in [3.05, 3.63) is 47.7 Å². The lowest BCUT2D eigenvalue weighted by atomic mass is 10.0. The van der Waals surface area contributed by atoms with E-state index < -0.39 is 0 Å². The first kappa shape index (κ1) is 14.1. The molecule has 20 heavy (non-hydrogen) atoms. The van der Waals surface area contributed by atoms with Gasteiger partial charge in [-0.15, -0.1) is 0 Å². The summed E-state index contributed by atoms with van der Waals surface area (Å²) in [6.45, 7) is 3.29. The van der Waals surface area contributed by atoms with Crippen molar-refractivity contribution in [3.8, 4) is 0 Å². The highest BCUT2D eigenvalue weighted by Gasteiger charge is 2.35. The van der Waals surface area contributed by atoms with Crippen LogP contribution in [0.5, 0.6) is 0 Å². The molecule has 4 nitrogen and oxygen atoms in total. The van der Waals surface area contributed by atoms with Crippen molar-refractivity contribution in [3.63, 3.8) is 0 Å². The highest BCUT2D eigenvalue weighted by atomic mass is 16.2. The molecule has 0 spiro atoms. The fraction of sp³-hybridized carbons (Fsp3) is 0.250. The van der Waals surface area contributed by atoms with Gasteiger partial charge in [-0.3, -0.25) is 9.59 Å². The van der Waals surface area contributed by atoms with Crippen molar-refractivity contribution in [2.75, 3.05) is 19.0 Å². The number of hydrogen-bond acceptors (Lipinski definition) is 3. The molecule has 0 atom stereocenters. The van der Waals surface area contributed by atoms with Crippen molar-refractivity contribution in [1.29, 1.82) is 0 Å². The number of para-hydroxylation sites is 1. The average molecular weight is 270 g/mol. The Balaban J connectivity index is 2.59. The molecular weight excluding hydrogens is 252 g/mol. The first-order valence-corrected chi connectivity index (χ1v) is 6.43. The summed E-state index contributed by atoms with van der Waals surface area (Å²) in [7, 11) is 3.83. The topological polar surface area (TPSA) is 40.6 Å². The van der Waals surface area contributed by atoms with Crippen LogP contribution in [0.15, 0.2) is 42.1 Å². The van der Waals surface area contributed by atoms with Gasteiger partial charge in [0.05, 0.1) is 11.3 Å². The van der Waals surface area contributed by atoms with Gasteiger partial charge in [0.1, 0.15) is 0 Å². The molecule has 0 saturated heterocycles. The number of amides is 2. The lowest BCUT2D eigenvalue weighted by molar-refractivity contribution is -0.122. The molecular formula is C16H18N2O2. The summed E-state index contributed by atoms with van der Waals surface area (Å²) in [5.41, 5.74) is 2.92. The highest BCUT2D eigenvalue weighted by Crippen LogP contribution is 2.38. The van der Waals surface area contributed by atoms with E-state index in [1.807, 2.05) is 56.4 Å². The first-order chi connectivity index (χ1) is 9.43. The molecule has 0 radical (unpaired) electrons. The maximum Gasteiger partial charge on any atom is 0.266 e. The molecule has 1 aromatic rings. The van der Waals surface area contributed by atoms with E-state index in [1.165, 1.54) is 11.8 Å². The van der Waals surface area contributed by atoms with E-state index in [0.29, 0.717) is 11.3 Å². The van der Waals surface area contributed by atoms with E-state index in [2.05, 4.69) is 0 Å². The van der Waals surface area contributed by atoms with Crippen molar-refractivity contribution in [2.45, 2.75) is 13.8 Å². The van der Waals surface area contributed by atoms with Crippen LogP contribution in [0.1, 0.15) is 19.4 Å². The van der Waals surface area contributed by atoms with E-state index in [-0.39, 0.29) is 11.8 Å². The smallest absolute Gasteiger partial charge is 0.266 e. The molecule has 2 rings (SSSR count). The third kappa shape index (κ3) is 2.37. The lowest BCUT2D eigenvalue weighted by Crippen LogP contribution is -2.31. The van der Waals surface area contributed by atoms with Crippen LogP contribution in [-0.2, 0) is 9.59 Å². The number of anilines is 1. The van der Waals surface area contributed by atoms with Crippen LogP contribution in [0.4, 0.5) is 5.69 Å². The van der Waals surface area contributed by atoms with E-state index in [0.717, 1.165) is 11.1 Å². The Kier molecular flexibility index (Phi) is 3.74. The number of rotatable bonds is 2. The standard InChI is InChI=1S/C16H18N2O2/c1-11(9-10-17(3)4)15-13-7-5-6-8-14(13)18(12(2)19)16(15)20/h5-10H,1-4H3/b10-9+,15-11+. The van der Waals surface area contributed by atoms with Gasteiger partial charge in [-0.2, -0.15) is 0 Å². The fourth-order valence-electron chi connectivity index (χ4n) is 2.25. The molecule has 4 heteroatoms. The molecule has 1 aliphatic rings. The Labute approximate surface area is 119 Å². The SMILES string of the molecule is CC(=O)N1C(=O)/C(=C(C)/C=C/N(C)C)c2ccccc21. The molecule has 0 bridgehead atoms.